The third kappa shape index (κ3) is 3.31. The van der Waals surface area contributed by atoms with Crippen molar-refractivity contribution in [2.24, 2.45) is 0 Å². The summed E-state index contributed by atoms with van der Waals surface area (Å²) in [5.41, 5.74) is 0.668. The van der Waals surface area contributed by atoms with E-state index in [1.807, 2.05) is 32.0 Å². The summed E-state index contributed by atoms with van der Waals surface area (Å²) in [6, 6.07) is 4.87. The van der Waals surface area contributed by atoms with Crippen LogP contribution >= 0.6 is 0 Å². The molecule has 1 aliphatic rings. The van der Waals surface area contributed by atoms with Crippen LogP contribution in [0.1, 0.15) is 11.7 Å². The van der Waals surface area contributed by atoms with Gasteiger partial charge in [0.05, 0.1) is 24.9 Å². The molecule has 0 radical (unpaired) electrons. The highest BCUT2D eigenvalue weighted by atomic mass is 16.5. The van der Waals surface area contributed by atoms with E-state index < -0.39 is 0 Å². The van der Waals surface area contributed by atoms with E-state index >= 15 is 0 Å². The number of rotatable bonds is 4. The van der Waals surface area contributed by atoms with Gasteiger partial charge in [-0.05, 0) is 13.0 Å². The second-order valence-corrected chi connectivity index (χ2v) is 5.77. The molecule has 0 aromatic carbocycles. The van der Waals surface area contributed by atoms with Crippen molar-refractivity contribution in [2.45, 2.75) is 19.0 Å². The summed E-state index contributed by atoms with van der Waals surface area (Å²) in [6.45, 7) is 2.80. The van der Waals surface area contributed by atoms with Gasteiger partial charge in [0.2, 0.25) is 0 Å². The molecule has 2 aromatic heterocycles. The third-order valence-corrected chi connectivity index (χ3v) is 3.77. The Morgan fingerprint density at radius 1 is 1.30 bits per heavy atom. The molecular weight excluding hydrogens is 296 g/mol. The van der Waals surface area contributed by atoms with Crippen molar-refractivity contribution in [1.82, 2.24) is 19.7 Å². The first-order chi connectivity index (χ1) is 11.0. The maximum atomic E-state index is 12.1. The van der Waals surface area contributed by atoms with Gasteiger partial charge in [-0.2, -0.15) is 5.10 Å². The number of ether oxygens (including phenoxy) is 1. The molecule has 1 fully saturated rings. The monoisotopic (exact) mass is 316 g/mol. The van der Waals surface area contributed by atoms with Crippen LogP contribution in [0.25, 0.3) is 0 Å². The normalized spacial score (nSPS) is 20.5. The topological polar surface area (TPSA) is 85.2 Å². The second kappa shape index (κ2) is 6.33. The standard InChI is InChI=1S/C15H20N6O2/c1-10-4-5-15(22)21(19-10)12-8-23-7-11(12)18-13-6-14(20(2)3)17-9-16-13/h4-6,9,11-12H,7-8H2,1-3H3,(H,16,17,18). The van der Waals surface area contributed by atoms with Crippen molar-refractivity contribution >= 4 is 11.6 Å². The summed E-state index contributed by atoms with van der Waals surface area (Å²) < 4.78 is 7.05. The maximum Gasteiger partial charge on any atom is 0.267 e. The Labute approximate surface area is 134 Å². The summed E-state index contributed by atoms with van der Waals surface area (Å²) in [5.74, 6) is 1.51. The Morgan fingerprint density at radius 3 is 2.91 bits per heavy atom. The van der Waals surface area contributed by atoms with Gasteiger partial charge in [-0.1, -0.05) is 0 Å². The van der Waals surface area contributed by atoms with Crippen LogP contribution in [0.5, 0.6) is 0 Å². The first-order valence-electron chi connectivity index (χ1n) is 7.45. The predicted octanol–water partition coefficient (Wildman–Crippen LogP) is 0.460. The Balaban J connectivity index is 1.83. The fourth-order valence-electron chi connectivity index (χ4n) is 2.54. The lowest BCUT2D eigenvalue weighted by Crippen LogP contribution is -2.37. The molecule has 2 aromatic rings. The minimum Gasteiger partial charge on any atom is -0.377 e. The highest BCUT2D eigenvalue weighted by Gasteiger charge is 2.31. The number of nitrogens with zero attached hydrogens (tertiary/aromatic N) is 5. The zero-order valence-corrected chi connectivity index (χ0v) is 13.4. The van der Waals surface area contributed by atoms with Gasteiger partial charge in [0, 0.05) is 26.2 Å². The molecule has 3 heterocycles. The average Bonchev–Trinajstić information content (AvgIpc) is 2.98. The zero-order valence-electron chi connectivity index (χ0n) is 13.4. The number of nitrogens with one attached hydrogen (secondary N) is 1. The van der Waals surface area contributed by atoms with Crippen LogP contribution < -0.4 is 15.8 Å². The molecule has 0 bridgehead atoms. The highest BCUT2D eigenvalue weighted by molar-refractivity contribution is 5.48. The molecule has 3 rings (SSSR count). The lowest BCUT2D eigenvalue weighted by molar-refractivity contribution is 0.182. The van der Waals surface area contributed by atoms with E-state index in [-0.39, 0.29) is 17.6 Å². The van der Waals surface area contributed by atoms with Crippen LogP contribution in [0, 0.1) is 6.92 Å². The van der Waals surface area contributed by atoms with Crippen molar-refractivity contribution in [3.05, 3.63) is 40.6 Å². The van der Waals surface area contributed by atoms with E-state index in [9.17, 15) is 4.79 Å². The Bertz CT molecular complexity index is 745. The summed E-state index contributed by atoms with van der Waals surface area (Å²) in [7, 11) is 3.84. The summed E-state index contributed by atoms with van der Waals surface area (Å²) in [6.07, 6.45) is 1.51. The molecule has 1 saturated heterocycles. The van der Waals surface area contributed by atoms with Gasteiger partial charge in [0.25, 0.3) is 5.56 Å². The molecule has 0 saturated carbocycles. The summed E-state index contributed by atoms with van der Waals surface area (Å²) >= 11 is 0. The fraction of sp³-hybridized carbons (Fsp3) is 0.467. The smallest absolute Gasteiger partial charge is 0.267 e. The maximum absolute atomic E-state index is 12.1. The van der Waals surface area contributed by atoms with Crippen LogP contribution in [-0.2, 0) is 4.74 Å². The molecule has 0 aliphatic carbocycles. The minimum atomic E-state index is -0.167. The van der Waals surface area contributed by atoms with Crippen molar-refractivity contribution in [1.29, 1.82) is 0 Å². The van der Waals surface area contributed by atoms with Crippen LogP contribution in [0.3, 0.4) is 0 Å². The number of aromatic nitrogens is 4. The molecule has 2 atom stereocenters. The third-order valence-electron chi connectivity index (χ3n) is 3.77. The summed E-state index contributed by atoms with van der Waals surface area (Å²) in [4.78, 5) is 22.4. The van der Waals surface area contributed by atoms with E-state index in [2.05, 4.69) is 20.4 Å². The molecule has 1 aliphatic heterocycles. The number of hydrogen-bond acceptors (Lipinski definition) is 7. The zero-order chi connectivity index (χ0) is 16.4. The molecule has 8 nitrogen and oxygen atoms in total. The van der Waals surface area contributed by atoms with Gasteiger partial charge in [-0.15, -0.1) is 0 Å². The summed E-state index contributed by atoms with van der Waals surface area (Å²) in [5, 5.41) is 7.66. The molecule has 2 unspecified atom stereocenters. The van der Waals surface area contributed by atoms with Gasteiger partial charge < -0.3 is 15.0 Å². The molecule has 122 valence electrons. The van der Waals surface area contributed by atoms with Gasteiger partial charge in [0.15, 0.2) is 0 Å². The van der Waals surface area contributed by atoms with E-state index in [0.29, 0.717) is 19.0 Å². The van der Waals surface area contributed by atoms with E-state index in [0.717, 1.165) is 11.5 Å². The van der Waals surface area contributed by atoms with Gasteiger partial charge >= 0.3 is 0 Å². The van der Waals surface area contributed by atoms with Crippen LogP contribution in [0.4, 0.5) is 11.6 Å². The van der Waals surface area contributed by atoms with E-state index in [1.54, 1.807) is 6.07 Å². The Morgan fingerprint density at radius 2 is 2.13 bits per heavy atom. The van der Waals surface area contributed by atoms with Crippen molar-refractivity contribution in [3.8, 4) is 0 Å². The van der Waals surface area contributed by atoms with Crippen molar-refractivity contribution in [2.75, 3.05) is 37.5 Å². The van der Waals surface area contributed by atoms with Crippen LogP contribution in [0.2, 0.25) is 0 Å². The van der Waals surface area contributed by atoms with Crippen molar-refractivity contribution in [3.63, 3.8) is 0 Å². The SMILES string of the molecule is Cc1ccc(=O)n(C2COCC2Nc2cc(N(C)C)ncn2)n1. The minimum absolute atomic E-state index is 0.0769. The molecule has 0 amide bonds. The first kappa shape index (κ1) is 15.4. The first-order valence-corrected chi connectivity index (χ1v) is 7.45. The lowest BCUT2D eigenvalue weighted by Gasteiger charge is -2.21. The number of aryl methyl sites for hydroxylation is 1. The van der Waals surface area contributed by atoms with Crippen LogP contribution in [0.15, 0.2) is 29.3 Å². The molecule has 23 heavy (non-hydrogen) atoms. The molecular formula is C15H20N6O2. The van der Waals surface area contributed by atoms with Gasteiger partial charge in [0.1, 0.15) is 24.0 Å². The highest BCUT2D eigenvalue weighted by Crippen LogP contribution is 2.22. The Kier molecular flexibility index (Phi) is 4.24. The predicted molar refractivity (Wildman–Crippen MR) is 86.9 cm³/mol. The quantitative estimate of drug-likeness (QED) is 0.877. The Hall–Kier alpha value is -2.48. The largest absolute Gasteiger partial charge is 0.377 e. The lowest BCUT2D eigenvalue weighted by atomic mass is 10.1. The van der Waals surface area contributed by atoms with Crippen LogP contribution in [-0.4, -0.2) is 53.1 Å². The van der Waals surface area contributed by atoms with E-state index in [1.165, 1.54) is 17.1 Å². The number of anilines is 2. The molecule has 8 heteroatoms. The fourth-order valence-corrected chi connectivity index (χ4v) is 2.54. The number of hydrogen-bond donors (Lipinski definition) is 1. The molecule has 1 N–H and O–H groups in total. The van der Waals surface area contributed by atoms with Gasteiger partial charge in [-0.3, -0.25) is 4.79 Å². The average molecular weight is 316 g/mol. The second-order valence-electron chi connectivity index (χ2n) is 5.77. The van der Waals surface area contributed by atoms with Crippen molar-refractivity contribution < 1.29 is 4.74 Å². The van der Waals surface area contributed by atoms with E-state index in [4.69, 9.17) is 4.74 Å². The van der Waals surface area contributed by atoms with Gasteiger partial charge in [-0.25, -0.2) is 14.6 Å². The molecule has 0 spiro atoms.